The summed E-state index contributed by atoms with van der Waals surface area (Å²) in [5.74, 6) is 1.22. The molecule has 0 aliphatic carbocycles. The van der Waals surface area contributed by atoms with E-state index in [-0.39, 0.29) is 5.91 Å². The lowest BCUT2D eigenvalue weighted by molar-refractivity contribution is -0.122. The third-order valence-electron chi connectivity index (χ3n) is 3.90. The summed E-state index contributed by atoms with van der Waals surface area (Å²) in [5.41, 5.74) is 1.04. The number of rotatable bonds is 5. The molecule has 106 valence electrons. The Balaban J connectivity index is 1.71. The number of nitrogens with one attached hydrogen (secondary N) is 2. The van der Waals surface area contributed by atoms with Crippen LogP contribution in [0.15, 0.2) is 12.4 Å². The Hall–Kier alpha value is -1.36. The van der Waals surface area contributed by atoms with E-state index in [2.05, 4.69) is 22.7 Å². The predicted octanol–water partition coefficient (Wildman–Crippen LogP) is 1.06. The van der Waals surface area contributed by atoms with Gasteiger partial charge in [0.1, 0.15) is 0 Å². The maximum absolute atomic E-state index is 11.9. The summed E-state index contributed by atoms with van der Waals surface area (Å²) in [6, 6.07) is 0. The first kappa shape index (κ1) is 14.1. The number of carbonyl (C=O) groups excluding carboxylic acids is 1. The lowest BCUT2D eigenvalue weighted by Crippen LogP contribution is -2.35. The van der Waals surface area contributed by atoms with Gasteiger partial charge in [-0.15, -0.1) is 0 Å². The molecule has 1 aliphatic heterocycles. The molecular weight excluding hydrogens is 240 g/mol. The summed E-state index contributed by atoms with van der Waals surface area (Å²) in [6.07, 6.45) is 6.80. The highest BCUT2D eigenvalue weighted by Gasteiger charge is 2.21. The molecule has 0 saturated carbocycles. The first-order valence-electron chi connectivity index (χ1n) is 7.10. The third-order valence-corrected chi connectivity index (χ3v) is 3.90. The average molecular weight is 264 g/mol. The molecule has 1 aliphatic rings. The molecule has 2 rings (SSSR count). The fraction of sp³-hybridized carbons (Fsp3) is 0.714. The second-order valence-corrected chi connectivity index (χ2v) is 5.59. The van der Waals surface area contributed by atoms with Gasteiger partial charge in [0.15, 0.2) is 0 Å². The minimum absolute atomic E-state index is 0.141. The lowest BCUT2D eigenvalue weighted by Gasteiger charge is -2.27. The largest absolute Gasteiger partial charge is 0.352 e. The monoisotopic (exact) mass is 264 g/mol. The third kappa shape index (κ3) is 4.35. The molecule has 0 spiro atoms. The Kier molecular flexibility index (Phi) is 4.96. The van der Waals surface area contributed by atoms with Crippen molar-refractivity contribution < 1.29 is 4.79 Å². The normalized spacial score (nSPS) is 21.1. The van der Waals surface area contributed by atoms with Gasteiger partial charge < -0.3 is 10.6 Å². The standard InChI is InChI=1S/C14H24N4O/c1-11(13-4-3-5-15-9-13)6-14(19)16-7-12-8-17-18(2)10-12/h8,10-11,13,15H,3-7,9H2,1-2H3,(H,16,19). The van der Waals surface area contributed by atoms with E-state index in [9.17, 15) is 4.79 Å². The molecule has 1 amide bonds. The summed E-state index contributed by atoms with van der Waals surface area (Å²) in [6.45, 7) is 4.93. The van der Waals surface area contributed by atoms with Crippen LogP contribution in [0.1, 0.15) is 31.7 Å². The van der Waals surface area contributed by atoms with Crippen LogP contribution in [0.25, 0.3) is 0 Å². The first-order chi connectivity index (χ1) is 9.15. The van der Waals surface area contributed by atoms with E-state index in [0.29, 0.717) is 24.8 Å². The van der Waals surface area contributed by atoms with E-state index >= 15 is 0 Å². The van der Waals surface area contributed by atoms with Gasteiger partial charge in [0.05, 0.1) is 6.20 Å². The zero-order valence-electron chi connectivity index (χ0n) is 11.9. The Morgan fingerprint density at radius 3 is 3.16 bits per heavy atom. The fourth-order valence-electron chi connectivity index (χ4n) is 2.66. The maximum atomic E-state index is 11.9. The zero-order valence-corrected chi connectivity index (χ0v) is 11.9. The SMILES string of the molecule is CC(CC(=O)NCc1cnn(C)c1)C1CCCNC1. The van der Waals surface area contributed by atoms with Crippen molar-refractivity contribution in [2.45, 2.75) is 32.7 Å². The molecule has 0 aromatic carbocycles. The van der Waals surface area contributed by atoms with E-state index in [1.165, 1.54) is 12.8 Å². The van der Waals surface area contributed by atoms with Crippen molar-refractivity contribution in [3.63, 3.8) is 0 Å². The van der Waals surface area contributed by atoms with Crippen molar-refractivity contribution in [2.75, 3.05) is 13.1 Å². The molecule has 5 heteroatoms. The van der Waals surface area contributed by atoms with E-state index in [0.717, 1.165) is 18.7 Å². The molecule has 19 heavy (non-hydrogen) atoms. The van der Waals surface area contributed by atoms with Crippen LogP contribution in [0.3, 0.4) is 0 Å². The number of nitrogens with zero attached hydrogens (tertiary/aromatic N) is 2. The van der Waals surface area contributed by atoms with Crippen LogP contribution < -0.4 is 10.6 Å². The van der Waals surface area contributed by atoms with Crippen LogP contribution in [-0.4, -0.2) is 28.8 Å². The highest BCUT2D eigenvalue weighted by Crippen LogP contribution is 2.22. The highest BCUT2D eigenvalue weighted by atomic mass is 16.1. The van der Waals surface area contributed by atoms with Gasteiger partial charge in [0.25, 0.3) is 0 Å². The van der Waals surface area contributed by atoms with Gasteiger partial charge in [-0.1, -0.05) is 6.92 Å². The minimum atomic E-state index is 0.141. The van der Waals surface area contributed by atoms with Crippen molar-refractivity contribution in [1.29, 1.82) is 0 Å². The quantitative estimate of drug-likeness (QED) is 0.836. The molecule has 0 radical (unpaired) electrons. The molecule has 2 unspecified atom stereocenters. The van der Waals surface area contributed by atoms with Gasteiger partial charge in [0, 0.05) is 31.8 Å². The van der Waals surface area contributed by atoms with E-state index in [1.807, 2.05) is 13.2 Å². The number of aromatic nitrogens is 2. The number of piperidine rings is 1. The van der Waals surface area contributed by atoms with E-state index in [4.69, 9.17) is 0 Å². The second kappa shape index (κ2) is 6.70. The maximum Gasteiger partial charge on any atom is 0.220 e. The van der Waals surface area contributed by atoms with Gasteiger partial charge >= 0.3 is 0 Å². The number of hydrogen-bond acceptors (Lipinski definition) is 3. The van der Waals surface area contributed by atoms with Gasteiger partial charge in [-0.05, 0) is 37.8 Å². The molecule has 1 aromatic rings. The average Bonchev–Trinajstić information content (AvgIpc) is 2.83. The van der Waals surface area contributed by atoms with Crippen LogP contribution in [0, 0.1) is 11.8 Å². The summed E-state index contributed by atoms with van der Waals surface area (Å²) in [7, 11) is 1.88. The van der Waals surface area contributed by atoms with Crippen LogP contribution in [0.2, 0.25) is 0 Å². The predicted molar refractivity (Wildman–Crippen MR) is 74.4 cm³/mol. The van der Waals surface area contributed by atoms with Crippen LogP contribution >= 0.6 is 0 Å². The molecule has 1 fully saturated rings. The van der Waals surface area contributed by atoms with Crippen molar-refractivity contribution in [1.82, 2.24) is 20.4 Å². The first-order valence-corrected chi connectivity index (χ1v) is 7.10. The van der Waals surface area contributed by atoms with Crippen LogP contribution in [0.4, 0.5) is 0 Å². The summed E-state index contributed by atoms with van der Waals surface area (Å²) >= 11 is 0. The molecule has 1 saturated heterocycles. The van der Waals surface area contributed by atoms with Gasteiger partial charge in [-0.3, -0.25) is 9.48 Å². The van der Waals surface area contributed by atoms with E-state index in [1.54, 1.807) is 10.9 Å². The Morgan fingerprint density at radius 1 is 1.68 bits per heavy atom. The lowest BCUT2D eigenvalue weighted by atomic mass is 9.85. The summed E-state index contributed by atoms with van der Waals surface area (Å²) in [4.78, 5) is 11.9. The van der Waals surface area contributed by atoms with Gasteiger partial charge in [-0.2, -0.15) is 5.10 Å². The number of hydrogen-bond donors (Lipinski definition) is 2. The van der Waals surface area contributed by atoms with Crippen LogP contribution in [0.5, 0.6) is 0 Å². The molecule has 0 bridgehead atoms. The molecule has 2 N–H and O–H groups in total. The second-order valence-electron chi connectivity index (χ2n) is 5.59. The number of carbonyl (C=O) groups is 1. The molecular formula is C14H24N4O. The van der Waals surface area contributed by atoms with Crippen molar-refractivity contribution in [2.24, 2.45) is 18.9 Å². The Labute approximate surface area is 114 Å². The molecule has 5 nitrogen and oxygen atoms in total. The zero-order chi connectivity index (χ0) is 13.7. The molecule has 1 aromatic heterocycles. The molecule has 2 heterocycles. The Bertz CT molecular complexity index is 409. The smallest absolute Gasteiger partial charge is 0.220 e. The van der Waals surface area contributed by atoms with Gasteiger partial charge in [-0.25, -0.2) is 0 Å². The highest BCUT2D eigenvalue weighted by molar-refractivity contribution is 5.76. The Morgan fingerprint density at radius 2 is 2.53 bits per heavy atom. The summed E-state index contributed by atoms with van der Waals surface area (Å²) in [5, 5.41) is 10.5. The van der Waals surface area contributed by atoms with Crippen molar-refractivity contribution in [3.8, 4) is 0 Å². The number of aryl methyl sites for hydroxylation is 1. The van der Waals surface area contributed by atoms with Crippen LogP contribution in [-0.2, 0) is 18.4 Å². The number of amides is 1. The van der Waals surface area contributed by atoms with Crippen molar-refractivity contribution in [3.05, 3.63) is 18.0 Å². The van der Waals surface area contributed by atoms with Gasteiger partial charge in [0.2, 0.25) is 5.91 Å². The topological polar surface area (TPSA) is 59.0 Å². The minimum Gasteiger partial charge on any atom is -0.352 e. The van der Waals surface area contributed by atoms with Crippen molar-refractivity contribution >= 4 is 5.91 Å². The fourth-order valence-corrected chi connectivity index (χ4v) is 2.66. The van der Waals surface area contributed by atoms with E-state index < -0.39 is 0 Å². The molecule has 2 atom stereocenters. The summed E-state index contributed by atoms with van der Waals surface area (Å²) < 4.78 is 1.75.